The fourth-order valence-electron chi connectivity index (χ4n) is 0. The van der Waals surface area contributed by atoms with Crippen LogP contribution in [0.3, 0.4) is 0 Å². The molecule has 0 amide bonds. The second kappa shape index (κ2) is 9.73. The van der Waals surface area contributed by atoms with Crippen LogP contribution in [0.2, 0.25) is 0 Å². The Hall–Kier alpha value is 1.53. The van der Waals surface area contributed by atoms with Crippen molar-refractivity contribution < 1.29 is 45.7 Å². The molecular weight excluding hydrogens is 130 g/mol. The molecule has 0 bridgehead atoms. The molecule has 0 aromatic rings. The van der Waals surface area contributed by atoms with E-state index < -0.39 is 8.60 Å². The molecule has 0 rings (SSSR count). The van der Waals surface area contributed by atoms with Gasteiger partial charge in [-0.05, 0) is 11.0 Å². The Morgan fingerprint density at radius 3 is 1.17 bits per heavy atom. The topological polar surface area (TPSA) is 60.7 Å². The van der Waals surface area contributed by atoms with Crippen LogP contribution in [0.15, 0.2) is 0 Å². The monoisotopic (exact) mass is 138 g/mol. The van der Waals surface area contributed by atoms with Gasteiger partial charge in [0.05, 0.1) is 0 Å². The van der Waals surface area contributed by atoms with E-state index in [-0.39, 0.29) is 41.9 Å². The van der Waals surface area contributed by atoms with E-state index in [4.69, 9.17) is 14.7 Å². The Kier molecular flexibility index (Phi) is 25.4. The van der Waals surface area contributed by atoms with E-state index in [0.29, 0.717) is 0 Å². The van der Waals surface area contributed by atoms with Gasteiger partial charge in [0.25, 0.3) is 0 Å². The van der Waals surface area contributed by atoms with Crippen LogP contribution in [0.5, 0.6) is 0 Å². The summed E-state index contributed by atoms with van der Waals surface area (Å²) in [5.41, 5.74) is 0. The average Bonchev–Trinajstić information content (AvgIpc) is 0.811. The molecule has 0 heterocycles. The predicted octanol–water partition coefficient (Wildman–Crippen LogP) is -5.14. The molecule has 0 atom stereocenters. The van der Waals surface area contributed by atoms with Crippen molar-refractivity contribution in [3.8, 4) is 0 Å². The molecule has 0 aromatic carbocycles. The van der Waals surface area contributed by atoms with Crippen molar-refractivity contribution in [1.82, 2.24) is 0 Å². The van der Waals surface area contributed by atoms with Gasteiger partial charge >= 0.3 is 38.2 Å². The molecule has 6 heteroatoms. The van der Waals surface area contributed by atoms with Crippen molar-refractivity contribution in [2.45, 2.75) is 0 Å². The zero-order valence-electron chi connectivity index (χ0n) is 3.79. The normalized spacial score (nSPS) is 6.00. The molecule has 36 valence electrons. The zero-order chi connectivity index (χ0) is 3.58. The third-order valence-electron chi connectivity index (χ3n) is 0. The van der Waals surface area contributed by atoms with Crippen molar-refractivity contribution in [2.24, 2.45) is 0 Å². The third-order valence-corrected chi connectivity index (χ3v) is 0. The maximum Gasteiger partial charge on any atom is 1.00 e. The summed E-state index contributed by atoms with van der Waals surface area (Å²) in [6, 6.07) is 0. The first-order valence-electron chi connectivity index (χ1n) is 0.600. The van der Waals surface area contributed by atoms with Gasteiger partial charge in [0.1, 0.15) is 0 Å². The van der Waals surface area contributed by atoms with E-state index in [9.17, 15) is 0 Å². The minimum atomic E-state index is -2.62. The minimum absolute atomic E-state index is 0. The van der Waals surface area contributed by atoms with Gasteiger partial charge in [-0.1, -0.05) is 0 Å². The summed E-state index contributed by atoms with van der Waals surface area (Å²) in [6.07, 6.45) is 0. The van der Waals surface area contributed by atoms with E-state index in [1.165, 1.54) is 0 Å². The van der Waals surface area contributed by atoms with E-state index >= 15 is 0 Å². The van der Waals surface area contributed by atoms with Crippen LogP contribution in [0.25, 0.3) is 0 Å². The van der Waals surface area contributed by atoms with Gasteiger partial charge in [-0.25, -0.2) is 0 Å². The Morgan fingerprint density at radius 1 is 1.17 bits per heavy atom. The molecule has 0 saturated carbocycles. The quantitative estimate of drug-likeness (QED) is 0.232. The molecule has 0 fully saturated rings. The molecule has 0 spiro atoms. The van der Waals surface area contributed by atoms with Gasteiger partial charge in [-0.3, -0.25) is 0 Å². The molecule has 0 aromatic heterocycles. The van der Waals surface area contributed by atoms with Gasteiger partial charge in [0, 0.05) is 0 Å². The fraction of sp³-hybridized carbons (Fsp3) is 0. The smallest absolute Gasteiger partial charge is 1.00 e. The predicted molar refractivity (Wildman–Crippen MR) is 26.0 cm³/mol. The summed E-state index contributed by atoms with van der Waals surface area (Å²) in [4.78, 5) is 21.7. The van der Waals surface area contributed by atoms with Gasteiger partial charge < -0.3 is 16.1 Å². The average molecular weight is 138 g/mol. The summed E-state index contributed by atoms with van der Waals surface area (Å²) >= 11 is 0. The second-order valence-electron chi connectivity index (χ2n) is 0.268. The molecule has 6 heavy (non-hydrogen) atoms. The van der Waals surface area contributed by atoms with Gasteiger partial charge in [0.15, 0.2) is 0 Å². The Labute approximate surface area is 65.2 Å². The molecule has 3 N–H and O–H groups in total. The molecule has 3 nitrogen and oxygen atoms in total. The largest absolute Gasteiger partial charge is 1.00 e. The van der Waals surface area contributed by atoms with Crippen LogP contribution in [0, 0.1) is 0 Å². The van der Waals surface area contributed by atoms with E-state index in [1.54, 1.807) is 0 Å². The second-order valence-corrected chi connectivity index (χ2v) is 0.805. The Morgan fingerprint density at radius 2 is 1.17 bits per heavy atom. The van der Waals surface area contributed by atoms with E-state index in [1.807, 2.05) is 0 Å². The van der Waals surface area contributed by atoms with Crippen LogP contribution >= 0.6 is 8.60 Å². The SMILES string of the molecule is OP(O)O.[H-].[Na+].[SiH4]. The maximum atomic E-state index is 7.23. The molecule has 0 aliphatic rings. The summed E-state index contributed by atoms with van der Waals surface area (Å²) in [6.45, 7) is 0. The van der Waals surface area contributed by atoms with Crippen LogP contribution < -0.4 is 29.6 Å². The van der Waals surface area contributed by atoms with Crippen molar-refractivity contribution in [1.29, 1.82) is 0 Å². The van der Waals surface area contributed by atoms with E-state index in [2.05, 4.69) is 0 Å². The molecule has 0 unspecified atom stereocenters. The Balaban J connectivity index is -0.0000000150. The summed E-state index contributed by atoms with van der Waals surface area (Å²) in [5, 5.41) is 0. The molecule has 0 radical (unpaired) electrons. The van der Waals surface area contributed by atoms with Crippen LogP contribution in [0.4, 0.5) is 0 Å². The Bertz CT molecular complexity index is 19.7. The van der Waals surface area contributed by atoms with Crippen LogP contribution in [-0.2, 0) is 0 Å². The first-order valence-corrected chi connectivity index (χ1v) is 1.80. The maximum absolute atomic E-state index is 7.23. The minimum Gasteiger partial charge on any atom is -1.00 e. The van der Waals surface area contributed by atoms with Crippen LogP contribution in [-0.4, -0.2) is 25.6 Å². The zero-order valence-corrected chi connectivity index (χ0v) is 5.68. The number of hydrogen-bond acceptors (Lipinski definition) is 3. The van der Waals surface area contributed by atoms with Crippen molar-refractivity contribution in [2.75, 3.05) is 0 Å². The summed E-state index contributed by atoms with van der Waals surface area (Å²) in [5.74, 6) is 0. The van der Waals surface area contributed by atoms with Gasteiger partial charge in [0.2, 0.25) is 0 Å². The van der Waals surface area contributed by atoms with Crippen LogP contribution in [0.1, 0.15) is 1.43 Å². The van der Waals surface area contributed by atoms with Crippen molar-refractivity contribution in [3.63, 3.8) is 0 Å². The number of hydrogen-bond donors (Lipinski definition) is 3. The first-order chi connectivity index (χ1) is 1.73. The molecule has 0 aliphatic carbocycles. The molecule has 0 saturated heterocycles. The molecule has 0 aliphatic heterocycles. The fourth-order valence-corrected chi connectivity index (χ4v) is 0. The van der Waals surface area contributed by atoms with Gasteiger partial charge in [-0.15, -0.1) is 0 Å². The first kappa shape index (κ1) is 15.6. The third kappa shape index (κ3) is 48.6. The number of rotatable bonds is 0. The van der Waals surface area contributed by atoms with Crippen molar-refractivity contribution in [3.05, 3.63) is 0 Å². The van der Waals surface area contributed by atoms with Crippen molar-refractivity contribution >= 4 is 19.6 Å². The summed E-state index contributed by atoms with van der Waals surface area (Å²) < 4.78 is 0. The summed E-state index contributed by atoms with van der Waals surface area (Å²) in [7, 11) is -2.62. The van der Waals surface area contributed by atoms with E-state index in [0.717, 1.165) is 0 Å². The van der Waals surface area contributed by atoms with Gasteiger partial charge in [-0.2, -0.15) is 0 Å². The standard InChI is InChI=1S/Na.H3O3P.H4Si.H/c;1-4(2)3;;/h;1-3H;1H4;/q+1;;;-1. The molecular formula is H8NaO3PSi.